The zero-order chi connectivity index (χ0) is 22.9. The number of hydrogen-bond donors (Lipinski definition) is 1. The minimum Gasteiger partial charge on any atom is -0.448 e. The Labute approximate surface area is 192 Å². The molecule has 0 aliphatic carbocycles. The van der Waals surface area contributed by atoms with Crippen molar-refractivity contribution < 1.29 is 13.6 Å². The normalized spacial score (nSPS) is 11.2. The van der Waals surface area contributed by atoms with Crippen molar-refractivity contribution in [2.24, 2.45) is 0 Å². The van der Waals surface area contributed by atoms with Crippen LogP contribution in [0.3, 0.4) is 0 Å². The van der Waals surface area contributed by atoms with E-state index < -0.39 is 0 Å². The molecule has 2 aromatic heterocycles. The Morgan fingerprint density at radius 3 is 2.55 bits per heavy atom. The van der Waals surface area contributed by atoms with Gasteiger partial charge in [-0.1, -0.05) is 41.6 Å². The molecule has 0 unspecified atom stereocenters. The summed E-state index contributed by atoms with van der Waals surface area (Å²) in [7, 11) is 0. The molecule has 0 bridgehead atoms. The average molecular weight is 460 g/mol. The summed E-state index contributed by atoms with van der Waals surface area (Å²) in [5.74, 6) is -0.667. The van der Waals surface area contributed by atoms with Gasteiger partial charge in [-0.2, -0.15) is 0 Å². The molecule has 2 heterocycles. The van der Waals surface area contributed by atoms with Crippen LogP contribution < -0.4 is 10.9 Å². The molecule has 5 rings (SSSR count). The molecule has 3 aromatic carbocycles. The lowest BCUT2D eigenvalue weighted by Gasteiger charge is -2.12. The minimum absolute atomic E-state index is 0.0109. The van der Waals surface area contributed by atoms with Crippen molar-refractivity contribution in [1.82, 2.24) is 9.55 Å². The van der Waals surface area contributed by atoms with Crippen LogP contribution in [0.4, 0.5) is 10.1 Å². The summed E-state index contributed by atoms with van der Waals surface area (Å²) in [5.41, 5.74) is 3.02. The van der Waals surface area contributed by atoms with Gasteiger partial charge in [-0.15, -0.1) is 0 Å². The second kappa shape index (κ2) is 8.55. The van der Waals surface area contributed by atoms with Crippen molar-refractivity contribution in [2.75, 3.05) is 11.1 Å². The number of amides is 1. The zero-order valence-corrected chi connectivity index (χ0v) is 18.4. The summed E-state index contributed by atoms with van der Waals surface area (Å²) < 4.78 is 20.4. The number of benzene rings is 3. The summed E-state index contributed by atoms with van der Waals surface area (Å²) in [6.45, 7) is 1.96. The van der Waals surface area contributed by atoms with Crippen LogP contribution in [0.2, 0.25) is 0 Å². The van der Waals surface area contributed by atoms with E-state index in [1.165, 1.54) is 28.8 Å². The van der Waals surface area contributed by atoms with Crippen LogP contribution in [0.5, 0.6) is 0 Å². The van der Waals surface area contributed by atoms with Gasteiger partial charge in [-0.05, 0) is 55.5 Å². The first-order valence-electron chi connectivity index (χ1n) is 10.2. The number of hydrogen-bond acceptors (Lipinski definition) is 5. The van der Waals surface area contributed by atoms with Gasteiger partial charge in [-0.3, -0.25) is 14.2 Å². The molecule has 0 fully saturated rings. The van der Waals surface area contributed by atoms with E-state index in [1.54, 1.807) is 6.07 Å². The van der Waals surface area contributed by atoms with Gasteiger partial charge in [0.15, 0.2) is 5.16 Å². The molecule has 1 N–H and O–H groups in total. The Balaban J connectivity index is 1.55. The van der Waals surface area contributed by atoms with Crippen LogP contribution in [0.25, 0.3) is 27.8 Å². The maximum atomic E-state index is 13.5. The molecule has 1 amide bonds. The third kappa shape index (κ3) is 4.12. The number of carbonyl (C=O) groups excluding carboxylic acids is 1. The van der Waals surface area contributed by atoms with Gasteiger partial charge in [0.2, 0.25) is 11.5 Å². The lowest BCUT2D eigenvalue weighted by molar-refractivity contribution is -0.113. The van der Waals surface area contributed by atoms with Crippen LogP contribution >= 0.6 is 11.8 Å². The van der Waals surface area contributed by atoms with Crippen LogP contribution in [0, 0.1) is 12.7 Å². The van der Waals surface area contributed by atoms with E-state index in [-0.39, 0.29) is 28.6 Å². The molecule has 5 aromatic rings. The topological polar surface area (TPSA) is 77.1 Å². The van der Waals surface area contributed by atoms with Gasteiger partial charge in [0.05, 0.1) is 11.4 Å². The van der Waals surface area contributed by atoms with E-state index in [9.17, 15) is 14.0 Å². The van der Waals surface area contributed by atoms with Crippen molar-refractivity contribution >= 4 is 45.4 Å². The number of furan rings is 1. The van der Waals surface area contributed by atoms with Crippen molar-refractivity contribution in [2.45, 2.75) is 12.1 Å². The number of halogens is 1. The van der Waals surface area contributed by atoms with E-state index >= 15 is 0 Å². The number of thioether (sulfide) groups is 1. The fraction of sp³-hybridized carbons (Fsp3) is 0.0800. The highest BCUT2D eigenvalue weighted by atomic mass is 32.2. The molecule has 164 valence electrons. The van der Waals surface area contributed by atoms with Gasteiger partial charge >= 0.3 is 5.56 Å². The molecule has 8 heteroatoms. The second-order valence-electron chi connectivity index (χ2n) is 7.49. The summed E-state index contributed by atoms with van der Waals surface area (Å²) in [6, 6.07) is 20.3. The number of anilines is 1. The number of nitrogens with zero attached hydrogens (tertiary/aromatic N) is 2. The highest BCUT2D eigenvalue weighted by molar-refractivity contribution is 7.99. The van der Waals surface area contributed by atoms with Gasteiger partial charge in [0.1, 0.15) is 16.9 Å². The predicted octanol–water partition coefficient (Wildman–Crippen LogP) is 5.31. The molecule has 0 atom stereocenters. The molecule has 6 nitrogen and oxygen atoms in total. The van der Waals surface area contributed by atoms with Crippen LogP contribution in [0.1, 0.15) is 5.56 Å². The van der Waals surface area contributed by atoms with Crippen molar-refractivity contribution in [3.05, 3.63) is 94.5 Å². The lowest BCUT2D eigenvalue weighted by atomic mass is 10.2. The average Bonchev–Trinajstić information content (AvgIpc) is 3.19. The summed E-state index contributed by atoms with van der Waals surface area (Å²) >= 11 is 1.14. The number of carbonyl (C=O) groups is 1. The predicted molar refractivity (Wildman–Crippen MR) is 128 cm³/mol. The molecule has 0 aliphatic rings. The van der Waals surface area contributed by atoms with Crippen LogP contribution in [-0.2, 0) is 4.79 Å². The Morgan fingerprint density at radius 2 is 1.79 bits per heavy atom. The van der Waals surface area contributed by atoms with E-state index in [4.69, 9.17) is 9.40 Å². The third-order valence-electron chi connectivity index (χ3n) is 5.12. The fourth-order valence-corrected chi connectivity index (χ4v) is 4.31. The number of fused-ring (bicyclic) bond motifs is 3. The number of aryl methyl sites for hydroxylation is 1. The van der Waals surface area contributed by atoms with E-state index in [0.29, 0.717) is 27.6 Å². The van der Waals surface area contributed by atoms with E-state index in [2.05, 4.69) is 5.32 Å². The molecule has 33 heavy (non-hydrogen) atoms. The third-order valence-corrected chi connectivity index (χ3v) is 6.06. The quantitative estimate of drug-likeness (QED) is 0.285. The number of rotatable bonds is 5. The lowest BCUT2D eigenvalue weighted by Crippen LogP contribution is -2.22. The molecular formula is C25H18FN3O3S. The van der Waals surface area contributed by atoms with Gasteiger partial charge in [-0.25, -0.2) is 9.37 Å². The summed E-state index contributed by atoms with van der Waals surface area (Å²) in [4.78, 5) is 30.7. The first-order valence-corrected chi connectivity index (χ1v) is 11.2. The SMILES string of the molecule is Cc1ccc(-n2c(SCC(=O)Nc3ccc(F)cc3)nc3c(oc4ccccc43)c2=O)cc1. The number of nitrogens with one attached hydrogen (secondary N) is 1. The summed E-state index contributed by atoms with van der Waals surface area (Å²) in [6.07, 6.45) is 0. The molecule has 0 saturated heterocycles. The van der Waals surface area contributed by atoms with Crippen LogP contribution in [0.15, 0.2) is 87.2 Å². The molecule has 0 radical (unpaired) electrons. The Kier molecular flexibility index (Phi) is 5.43. The van der Waals surface area contributed by atoms with E-state index in [1.807, 2.05) is 49.4 Å². The van der Waals surface area contributed by atoms with E-state index in [0.717, 1.165) is 22.7 Å². The van der Waals surface area contributed by atoms with Crippen LogP contribution in [-0.4, -0.2) is 21.2 Å². The van der Waals surface area contributed by atoms with Crippen molar-refractivity contribution in [1.29, 1.82) is 0 Å². The fourth-order valence-electron chi connectivity index (χ4n) is 3.50. The number of para-hydroxylation sites is 1. The second-order valence-corrected chi connectivity index (χ2v) is 8.43. The van der Waals surface area contributed by atoms with Crippen molar-refractivity contribution in [3.8, 4) is 5.69 Å². The largest absolute Gasteiger partial charge is 0.448 e. The standard InChI is InChI=1S/C25H18FN3O3S/c1-15-6-12-18(13-7-15)29-24(31)23-22(19-4-2-3-5-20(19)32-23)28-25(29)33-14-21(30)27-17-10-8-16(26)9-11-17/h2-13H,14H2,1H3,(H,27,30). The zero-order valence-electron chi connectivity index (χ0n) is 17.5. The van der Waals surface area contributed by atoms with Gasteiger partial charge in [0, 0.05) is 11.1 Å². The van der Waals surface area contributed by atoms with Crippen molar-refractivity contribution in [3.63, 3.8) is 0 Å². The highest BCUT2D eigenvalue weighted by Gasteiger charge is 2.19. The minimum atomic E-state index is -0.380. The maximum Gasteiger partial charge on any atom is 0.302 e. The Hall–Kier alpha value is -3.91. The molecular weight excluding hydrogens is 441 g/mol. The summed E-state index contributed by atoms with van der Waals surface area (Å²) in [5, 5.41) is 3.83. The van der Waals surface area contributed by atoms with Gasteiger partial charge < -0.3 is 9.73 Å². The molecule has 0 aliphatic heterocycles. The highest BCUT2D eigenvalue weighted by Crippen LogP contribution is 2.28. The maximum absolute atomic E-state index is 13.5. The molecule has 0 saturated carbocycles. The monoisotopic (exact) mass is 459 g/mol. The smallest absolute Gasteiger partial charge is 0.302 e. The Bertz CT molecular complexity index is 1540. The Morgan fingerprint density at radius 1 is 1.06 bits per heavy atom. The van der Waals surface area contributed by atoms with Gasteiger partial charge in [0.25, 0.3) is 0 Å². The number of aromatic nitrogens is 2. The first kappa shape index (κ1) is 21.0. The first-order chi connectivity index (χ1) is 16.0. The molecule has 0 spiro atoms.